The summed E-state index contributed by atoms with van der Waals surface area (Å²) in [6.07, 6.45) is 4.50. The van der Waals surface area contributed by atoms with Gasteiger partial charge in [-0.1, -0.05) is 0 Å². The van der Waals surface area contributed by atoms with Crippen molar-refractivity contribution in [1.29, 1.82) is 0 Å². The highest BCUT2D eigenvalue weighted by molar-refractivity contribution is 6.48. The van der Waals surface area contributed by atoms with Gasteiger partial charge in [-0.05, 0) is 100 Å². The predicted octanol–water partition coefficient (Wildman–Crippen LogP) is 3.62. The van der Waals surface area contributed by atoms with E-state index in [1.54, 1.807) is 12.8 Å². The van der Waals surface area contributed by atoms with Crippen LogP contribution in [0.3, 0.4) is 0 Å². The molecule has 9 atom stereocenters. The van der Waals surface area contributed by atoms with Gasteiger partial charge < -0.3 is 9.31 Å². The molecule has 6 aliphatic rings. The highest BCUT2D eigenvalue weighted by atomic mass is 16.7. The summed E-state index contributed by atoms with van der Waals surface area (Å²) in [6.45, 7) is 8.77. The summed E-state index contributed by atoms with van der Waals surface area (Å²) in [5, 5.41) is 0. The topological polar surface area (TPSA) is 18.5 Å². The van der Waals surface area contributed by atoms with Gasteiger partial charge in [0.15, 0.2) is 0 Å². The van der Waals surface area contributed by atoms with Gasteiger partial charge in [-0.15, -0.1) is 0 Å². The van der Waals surface area contributed by atoms with E-state index in [4.69, 9.17) is 9.31 Å². The van der Waals surface area contributed by atoms with Crippen molar-refractivity contribution >= 4 is 7.12 Å². The summed E-state index contributed by atoms with van der Waals surface area (Å²) in [7, 11) is 0.0773. The van der Waals surface area contributed by atoms with Crippen molar-refractivity contribution in [2.75, 3.05) is 0 Å². The number of hydrogen-bond acceptors (Lipinski definition) is 2. The molecule has 3 heteroatoms. The standard InChI is InChI=1S/C18H27BO2/c1-17(2)18(3,4)21-19(20-17)11-7-10-12(11)16-14-9-6-5-8(9)13(14)15(10)16/h8-16H,5-7H2,1-4H3. The first-order chi connectivity index (χ1) is 9.91. The van der Waals surface area contributed by atoms with Crippen LogP contribution in [0.2, 0.25) is 5.82 Å². The SMILES string of the molecule is CC1(C)OB(C2CC3C2C2C4C5CCC5C4C32)OC1(C)C. The lowest BCUT2D eigenvalue weighted by Crippen LogP contribution is -2.80. The van der Waals surface area contributed by atoms with E-state index in [1.165, 1.54) is 18.3 Å². The first-order valence-corrected chi connectivity index (χ1v) is 9.26. The van der Waals surface area contributed by atoms with Crippen molar-refractivity contribution in [2.45, 2.75) is 64.0 Å². The summed E-state index contributed by atoms with van der Waals surface area (Å²) >= 11 is 0. The lowest BCUT2D eigenvalue weighted by Gasteiger charge is -2.85. The fourth-order valence-corrected chi connectivity index (χ4v) is 7.41. The molecule has 9 unspecified atom stereocenters. The minimum Gasteiger partial charge on any atom is -0.403 e. The maximum Gasteiger partial charge on any atom is 0.461 e. The largest absolute Gasteiger partial charge is 0.461 e. The van der Waals surface area contributed by atoms with Gasteiger partial charge in [-0.3, -0.25) is 0 Å². The number of rotatable bonds is 1. The zero-order valence-electron chi connectivity index (χ0n) is 13.7. The molecule has 0 aromatic heterocycles. The second-order valence-electron chi connectivity index (χ2n) is 9.98. The van der Waals surface area contributed by atoms with Gasteiger partial charge in [-0.2, -0.15) is 0 Å². The van der Waals surface area contributed by atoms with Crippen molar-refractivity contribution in [3.63, 3.8) is 0 Å². The van der Waals surface area contributed by atoms with E-state index in [-0.39, 0.29) is 18.3 Å². The van der Waals surface area contributed by atoms with E-state index >= 15 is 0 Å². The van der Waals surface area contributed by atoms with Crippen LogP contribution < -0.4 is 0 Å². The van der Waals surface area contributed by atoms with Crippen LogP contribution in [-0.4, -0.2) is 18.3 Å². The van der Waals surface area contributed by atoms with Gasteiger partial charge in [0.25, 0.3) is 0 Å². The minimum absolute atomic E-state index is 0.0773. The zero-order valence-corrected chi connectivity index (χ0v) is 13.7. The Morgan fingerprint density at radius 2 is 1.24 bits per heavy atom. The van der Waals surface area contributed by atoms with Crippen LogP contribution in [0.4, 0.5) is 0 Å². The molecule has 1 aliphatic heterocycles. The molecule has 6 fully saturated rings. The molecule has 0 aromatic carbocycles. The van der Waals surface area contributed by atoms with Crippen LogP contribution in [-0.2, 0) is 9.31 Å². The normalized spacial score (nSPS) is 63.4. The number of hydrogen-bond donors (Lipinski definition) is 0. The molecule has 114 valence electrons. The Labute approximate surface area is 128 Å². The molecular weight excluding hydrogens is 259 g/mol. The Bertz CT molecular complexity index is 507. The van der Waals surface area contributed by atoms with E-state index in [2.05, 4.69) is 27.7 Å². The quantitative estimate of drug-likeness (QED) is 0.541. The van der Waals surface area contributed by atoms with Crippen LogP contribution in [0.15, 0.2) is 0 Å². The Morgan fingerprint density at radius 1 is 0.714 bits per heavy atom. The molecular formula is C18H27BO2. The Kier molecular flexibility index (Phi) is 1.93. The van der Waals surface area contributed by atoms with Gasteiger partial charge in [0.2, 0.25) is 0 Å². The summed E-state index contributed by atoms with van der Waals surface area (Å²) in [5.74, 6) is 9.59. The maximum atomic E-state index is 6.35. The molecule has 21 heavy (non-hydrogen) atoms. The molecule has 0 bridgehead atoms. The van der Waals surface area contributed by atoms with Gasteiger partial charge in [0.05, 0.1) is 11.2 Å². The molecule has 5 aliphatic carbocycles. The number of fused-ring (bicyclic) bond motifs is 10. The third-order valence-electron chi connectivity index (χ3n) is 9.24. The maximum absolute atomic E-state index is 6.35. The van der Waals surface area contributed by atoms with Crippen molar-refractivity contribution in [1.82, 2.24) is 0 Å². The first kappa shape index (κ1) is 12.4. The molecule has 0 radical (unpaired) electrons. The summed E-state index contributed by atoms with van der Waals surface area (Å²) in [6, 6.07) is 0. The molecule has 1 saturated heterocycles. The average molecular weight is 286 g/mol. The lowest BCUT2D eigenvalue weighted by molar-refractivity contribution is -0.361. The van der Waals surface area contributed by atoms with E-state index in [9.17, 15) is 0 Å². The van der Waals surface area contributed by atoms with E-state index in [0.717, 1.165) is 35.5 Å². The molecule has 0 spiro atoms. The monoisotopic (exact) mass is 286 g/mol. The smallest absolute Gasteiger partial charge is 0.403 e. The molecule has 0 amide bonds. The second kappa shape index (κ2) is 3.26. The fourth-order valence-electron chi connectivity index (χ4n) is 7.41. The van der Waals surface area contributed by atoms with E-state index in [0.29, 0.717) is 5.82 Å². The average Bonchev–Trinajstić information content (AvgIpc) is 2.53. The molecule has 2 nitrogen and oxygen atoms in total. The van der Waals surface area contributed by atoms with Crippen LogP contribution >= 0.6 is 0 Å². The van der Waals surface area contributed by atoms with Gasteiger partial charge >= 0.3 is 7.12 Å². The van der Waals surface area contributed by atoms with Crippen molar-refractivity contribution in [2.24, 2.45) is 47.3 Å². The molecule has 6 rings (SSSR count). The Balaban J connectivity index is 1.20. The Morgan fingerprint density at radius 3 is 1.81 bits per heavy atom. The second-order valence-corrected chi connectivity index (χ2v) is 9.98. The van der Waals surface area contributed by atoms with E-state index in [1.807, 2.05) is 0 Å². The third kappa shape index (κ3) is 1.12. The lowest BCUT2D eigenvalue weighted by atomic mass is 9.18. The van der Waals surface area contributed by atoms with Crippen molar-refractivity contribution < 1.29 is 9.31 Å². The van der Waals surface area contributed by atoms with Gasteiger partial charge in [0.1, 0.15) is 0 Å². The third-order valence-corrected chi connectivity index (χ3v) is 9.24. The van der Waals surface area contributed by atoms with Crippen molar-refractivity contribution in [3.8, 4) is 0 Å². The zero-order chi connectivity index (χ0) is 14.3. The molecule has 1 heterocycles. The first-order valence-electron chi connectivity index (χ1n) is 9.26. The van der Waals surface area contributed by atoms with Gasteiger partial charge in [0, 0.05) is 0 Å². The summed E-state index contributed by atoms with van der Waals surface area (Å²) in [5.41, 5.74) is -0.298. The van der Waals surface area contributed by atoms with Crippen LogP contribution in [0.1, 0.15) is 47.0 Å². The molecule has 5 saturated carbocycles. The van der Waals surface area contributed by atoms with E-state index < -0.39 is 0 Å². The van der Waals surface area contributed by atoms with Crippen molar-refractivity contribution in [3.05, 3.63) is 0 Å². The fraction of sp³-hybridized carbons (Fsp3) is 1.00. The summed E-state index contributed by atoms with van der Waals surface area (Å²) in [4.78, 5) is 0. The minimum atomic E-state index is -0.149. The molecule has 0 aromatic rings. The Hall–Kier alpha value is -0.0151. The van der Waals surface area contributed by atoms with Crippen LogP contribution in [0, 0.1) is 47.3 Å². The molecule has 0 N–H and O–H groups in total. The van der Waals surface area contributed by atoms with Crippen LogP contribution in [0.25, 0.3) is 0 Å². The van der Waals surface area contributed by atoms with Crippen LogP contribution in [0.5, 0.6) is 0 Å². The highest BCUT2D eigenvalue weighted by Gasteiger charge is 2.81. The highest BCUT2D eigenvalue weighted by Crippen LogP contribution is 2.85. The summed E-state index contributed by atoms with van der Waals surface area (Å²) < 4.78 is 12.7. The van der Waals surface area contributed by atoms with Gasteiger partial charge in [-0.25, -0.2) is 0 Å². The predicted molar refractivity (Wildman–Crippen MR) is 81.6 cm³/mol.